The molecule has 1 aliphatic heterocycles. The van der Waals surface area contributed by atoms with Crippen LogP contribution in [0.2, 0.25) is 0 Å². The summed E-state index contributed by atoms with van der Waals surface area (Å²) in [4.78, 5) is 25.0. The molecule has 2 aliphatic rings. The molecule has 5 aromatic rings. The molecule has 3 aromatic heterocycles. The third kappa shape index (κ3) is 4.08. The van der Waals surface area contributed by atoms with E-state index >= 15 is 0 Å². The van der Waals surface area contributed by atoms with Crippen LogP contribution in [0, 0.1) is 17.1 Å². The molecule has 7 rings (SSSR count). The van der Waals surface area contributed by atoms with E-state index in [9.17, 15) is 14.4 Å². The number of nitrogens with two attached hydrogens (primary N) is 1. The summed E-state index contributed by atoms with van der Waals surface area (Å²) in [6.45, 7) is 1.14. The van der Waals surface area contributed by atoms with Crippen LogP contribution < -0.4 is 26.2 Å². The summed E-state index contributed by atoms with van der Waals surface area (Å²) < 4.78 is 21.3. The normalized spacial score (nSPS) is 17.4. The summed E-state index contributed by atoms with van der Waals surface area (Å²) in [5.41, 5.74) is 8.50. The van der Waals surface area contributed by atoms with Crippen molar-refractivity contribution in [3.05, 3.63) is 70.4 Å². The average molecular weight is 566 g/mol. The van der Waals surface area contributed by atoms with Crippen LogP contribution in [-0.4, -0.2) is 51.0 Å². The topological polar surface area (TPSA) is 151 Å². The van der Waals surface area contributed by atoms with Gasteiger partial charge in [0.1, 0.15) is 23.1 Å². The largest absolute Gasteiger partial charge is 0.486 e. The van der Waals surface area contributed by atoms with Crippen LogP contribution in [0.15, 0.2) is 53.5 Å². The highest BCUT2D eigenvalue weighted by molar-refractivity contribution is 6.05. The van der Waals surface area contributed by atoms with Crippen molar-refractivity contribution in [2.45, 2.75) is 37.2 Å². The maximum Gasteiger partial charge on any atom is 0.270 e. The number of ether oxygens (including phenoxy) is 1. The van der Waals surface area contributed by atoms with Gasteiger partial charge in [0, 0.05) is 32.3 Å². The van der Waals surface area contributed by atoms with Gasteiger partial charge < -0.3 is 20.7 Å². The number of halogens is 1. The summed E-state index contributed by atoms with van der Waals surface area (Å²) in [7, 11) is 1.95. The number of H-pyrrole nitrogens is 1. The summed E-state index contributed by atoms with van der Waals surface area (Å²) in [6, 6.07) is 14.5. The quantitative estimate of drug-likeness (QED) is 0.277. The fraction of sp³-hybridized carbons (Fsp3) is 0.300. The van der Waals surface area contributed by atoms with Gasteiger partial charge in [-0.05, 0) is 49.1 Å². The maximum absolute atomic E-state index is 13.8. The number of benzene rings is 2. The lowest BCUT2D eigenvalue weighted by molar-refractivity contribution is 0.189. The molecule has 0 radical (unpaired) electrons. The van der Waals surface area contributed by atoms with Gasteiger partial charge in [-0.1, -0.05) is 12.1 Å². The van der Waals surface area contributed by atoms with Gasteiger partial charge >= 0.3 is 0 Å². The predicted molar refractivity (Wildman–Crippen MR) is 158 cm³/mol. The molecule has 0 amide bonds. The minimum Gasteiger partial charge on any atom is -0.486 e. The highest BCUT2D eigenvalue weighted by atomic mass is 19.1. The zero-order valence-electron chi connectivity index (χ0n) is 22.9. The van der Waals surface area contributed by atoms with Crippen molar-refractivity contribution in [2.75, 3.05) is 36.1 Å². The fourth-order valence-electron chi connectivity index (χ4n) is 5.96. The Labute approximate surface area is 239 Å². The molecule has 4 heterocycles. The summed E-state index contributed by atoms with van der Waals surface area (Å²) in [5.74, 6) is 0.618. The van der Waals surface area contributed by atoms with Crippen LogP contribution in [-0.2, 0) is 5.41 Å². The Morgan fingerprint density at radius 2 is 2.07 bits per heavy atom. The Hall–Kier alpha value is -5.18. The van der Waals surface area contributed by atoms with Crippen molar-refractivity contribution in [3.63, 3.8) is 0 Å². The van der Waals surface area contributed by atoms with E-state index in [-0.39, 0.29) is 28.7 Å². The molecule has 0 saturated heterocycles. The van der Waals surface area contributed by atoms with Crippen LogP contribution in [0.25, 0.3) is 27.6 Å². The lowest BCUT2D eigenvalue weighted by Gasteiger charge is -2.35. The van der Waals surface area contributed by atoms with Crippen LogP contribution in [0.5, 0.6) is 5.75 Å². The predicted octanol–water partition coefficient (Wildman–Crippen LogP) is 4.02. The molecule has 11 nitrogen and oxygen atoms in total. The molecule has 42 heavy (non-hydrogen) atoms. The SMILES string of the molecule is CN1C[C@@H](CCNc2ncc3c4[nH]nc(N)c4c(=O)n(-c4ccc(C5(C#N)CCC5)cc4)c3n2)Oc2cc(F)ccc21. The van der Waals surface area contributed by atoms with E-state index < -0.39 is 5.41 Å². The molecule has 0 bridgehead atoms. The summed E-state index contributed by atoms with van der Waals surface area (Å²) in [6.07, 6.45) is 4.78. The molecule has 1 fully saturated rings. The smallest absolute Gasteiger partial charge is 0.270 e. The Kier molecular flexibility index (Phi) is 5.97. The first kappa shape index (κ1) is 25.8. The van der Waals surface area contributed by atoms with E-state index in [0.29, 0.717) is 53.4 Å². The number of nitrogens with zero attached hydrogens (tertiary/aromatic N) is 6. The molecule has 12 heteroatoms. The van der Waals surface area contributed by atoms with E-state index in [1.807, 2.05) is 36.2 Å². The molecule has 2 aromatic carbocycles. The van der Waals surface area contributed by atoms with Gasteiger partial charge in [0.05, 0.1) is 40.3 Å². The Bertz CT molecular complexity index is 1940. The first-order chi connectivity index (χ1) is 20.4. The molecular weight excluding hydrogens is 537 g/mol. The standard InChI is InChI=1S/C30H28FN9O2/c1-39-15-20(42-23-13-18(31)5-8-22(23)39)9-12-34-29-35-14-21-25-24(26(33)38-37-25)28(41)40(27(21)36-29)19-6-3-17(4-7-19)30(16-32)10-2-11-30/h3-8,13-14,20H,2,9-12,15H2,1H3,(H3,33,37,38)(H,34,35,36)/t20-/m1/s1. The number of rotatable bonds is 6. The van der Waals surface area contributed by atoms with Crippen molar-refractivity contribution >= 4 is 39.4 Å². The first-order valence-corrected chi connectivity index (χ1v) is 13.9. The first-order valence-electron chi connectivity index (χ1n) is 13.9. The maximum atomic E-state index is 13.8. The minimum atomic E-state index is -0.461. The summed E-state index contributed by atoms with van der Waals surface area (Å²) >= 11 is 0. The van der Waals surface area contributed by atoms with Crippen molar-refractivity contribution < 1.29 is 9.13 Å². The highest BCUT2D eigenvalue weighted by Gasteiger charge is 2.38. The van der Waals surface area contributed by atoms with Crippen LogP contribution in [0.3, 0.4) is 0 Å². The monoisotopic (exact) mass is 565 g/mol. The van der Waals surface area contributed by atoms with E-state index in [1.54, 1.807) is 12.3 Å². The van der Waals surface area contributed by atoms with E-state index in [2.05, 4.69) is 26.6 Å². The Morgan fingerprint density at radius 3 is 2.81 bits per heavy atom. The number of nitriles is 1. The Balaban J connectivity index is 1.20. The number of hydrogen-bond donors (Lipinski definition) is 3. The third-order valence-corrected chi connectivity index (χ3v) is 8.41. The van der Waals surface area contributed by atoms with Crippen LogP contribution in [0.1, 0.15) is 31.2 Å². The van der Waals surface area contributed by atoms with Crippen LogP contribution >= 0.6 is 0 Å². The second kappa shape index (κ2) is 9.73. The number of aromatic nitrogens is 5. The number of nitrogen functional groups attached to an aromatic ring is 1. The van der Waals surface area contributed by atoms with Crippen molar-refractivity contribution in [3.8, 4) is 17.5 Å². The number of hydrogen-bond acceptors (Lipinski definition) is 9. The number of fused-ring (bicyclic) bond motifs is 4. The molecule has 0 unspecified atom stereocenters. The van der Waals surface area contributed by atoms with E-state index in [0.717, 1.165) is 30.5 Å². The van der Waals surface area contributed by atoms with Gasteiger partial charge in [-0.25, -0.2) is 9.37 Å². The minimum absolute atomic E-state index is 0.0984. The molecular formula is C30H28FN9O2. The van der Waals surface area contributed by atoms with Crippen molar-refractivity contribution in [1.29, 1.82) is 5.26 Å². The van der Waals surface area contributed by atoms with Gasteiger partial charge in [-0.2, -0.15) is 15.3 Å². The number of anilines is 3. The van der Waals surface area contributed by atoms with Gasteiger partial charge in [0.2, 0.25) is 5.95 Å². The molecule has 1 saturated carbocycles. The second-order valence-electron chi connectivity index (χ2n) is 11.0. The average Bonchev–Trinajstić information content (AvgIpc) is 3.35. The molecule has 1 atom stereocenters. The zero-order chi connectivity index (χ0) is 29.0. The zero-order valence-corrected chi connectivity index (χ0v) is 22.9. The van der Waals surface area contributed by atoms with Crippen molar-refractivity contribution in [2.24, 2.45) is 0 Å². The van der Waals surface area contributed by atoms with Gasteiger partial charge in [-0.15, -0.1) is 0 Å². The van der Waals surface area contributed by atoms with Crippen molar-refractivity contribution in [1.82, 2.24) is 24.7 Å². The Morgan fingerprint density at radius 1 is 1.26 bits per heavy atom. The molecule has 0 spiro atoms. The van der Waals surface area contributed by atoms with Gasteiger partial charge in [-0.3, -0.25) is 14.5 Å². The lowest BCUT2D eigenvalue weighted by atomic mass is 9.65. The van der Waals surface area contributed by atoms with Gasteiger partial charge in [0.25, 0.3) is 5.56 Å². The third-order valence-electron chi connectivity index (χ3n) is 8.41. The van der Waals surface area contributed by atoms with E-state index in [4.69, 9.17) is 15.5 Å². The lowest BCUT2D eigenvalue weighted by Crippen LogP contribution is -2.38. The van der Waals surface area contributed by atoms with E-state index in [1.165, 1.54) is 16.7 Å². The number of aromatic amines is 1. The fourth-order valence-corrected chi connectivity index (χ4v) is 5.96. The number of pyridine rings is 1. The molecule has 4 N–H and O–H groups in total. The molecule has 1 aliphatic carbocycles. The summed E-state index contributed by atoms with van der Waals surface area (Å²) in [5, 5.41) is 20.8. The molecule has 212 valence electrons. The van der Waals surface area contributed by atoms with Gasteiger partial charge in [0.15, 0.2) is 11.5 Å². The second-order valence-corrected chi connectivity index (χ2v) is 11.0. The highest BCUT2D eigenvalue weighted by Crippen LogP contribution is 2.43. The number of likely N-dealkylation sites (N-methyl/N-ethyl adjacent to an activating group) is 1. The number of nitrogens with one attached hydrogen (secondary N) is 2. The van der Waals surface area contributed by atoms with Crippen LogP contribution in [0.4, 0.5) is 21.8 Å².